The lowest BCUT2D eigenvalue weighted by Crippen LogP contribution is -2.34. The molecule has 0 saturated carbocycles. The molecule has 0 spiro atoms. The van der Waals surface area contributed by atoms with E-state index in [-0.39, 0.29) is 24.0 Å². The molecule has 4 rings (SSSR count). The van der Waals surface area contributed by atoms with E-state index in [9.17, 15) is 14.0 Å². The zero-order valence-electron chi connectivity index (χ0n) is 16.4. The number of likely N-dealkylation sites (N-methyl/N-ethyl adjacent to an activating group) is 1. The van der Waals surface area contributed by atoms with Crippen molar-refractivity contribution in [3.05, 3.63) is 82.7 Å². The van der Waals surface area contributed by atoms with Gasteiger partial charge in [-0.25, -0.2) is 18.3 Å². The van der Waals surface area contributed by atoms with E-state index in [1.165, 1.54) is 27.6 Å². The Hall–Kier alpha value is -4.01. The fourth-order valence-electron chi connectivity index (χ4n) is 2.97. The largest absolute Gasteiger partial charge is 0.352 e. The number of hydrogen-bond acceptors (Lipinski definition) is 5. The summed E-state index contributed by atoms with van der Waals surface area (Å²) < 4.78 is 15.4. The molecule has 0 atom stereocenters. The molecule has 0 aliphatic carbocycles. The highest BCUT2D eigenvalue weighted by Gasteiger charge is 2.16. The van der Waals surface area contributed by atoms with Gasteiger partial charge in [0.2, 0.25) is 5.91 Å². The summed E-state index contributed by atoms with van der Waals surface area (Å²) in [5.41, 5.74) is 1.95. The lowest BCUT2D eigenvalue weighted by molar-refractivity contribution is -0.119. The molecule has 0 unspecified atom stereocenters. The minimum absolute atomic E-state index is 0.151. The Bertz CT molecular complexity index is 1280. The van der Waals surface area contributed by atoms with Crippen molar-refractivity contribution >= 4 is 28.9 Å². The molecule has 0 aliphatic heterocycles. The van der Waals surface area contributed by atoms with E-state index in [4.69, 9.17) is 0 Å². The topological polar surface area (TPSA) is 84.5 Å². The average molecular weight is 406 g/mol. The van der Waals surface area contributed by atoms with Crippen molar-refractivity contribution in [3.63, 3.8) is 0 Å². The Balaban J connectivity index is 1.56. The number of fused-ring (bicyclic) bond motifs is 1. The van der Waals surface area contributed by atoms with E-state index >= 15 is 0 Å². The third-order valence-electron chi connectivity index (χ3n) is 4.62. The number of aromatic nitrogens is 4. The molecule has 1 amide bonds. The lowest BCUT2D eigenvalue weighted by Gasteiger charge is -2.17. The van der Waals surface area contributed by atoms with Crippen molar-refractivity contribution < 1.29 is 9.18 Å². The molecule has 9 heteroatoms. The number of hydrogen-bond donors (Lipinski definition) is 1. The number of rotatable bonds is 5. The van der Waals surface area contributed by atoms with Gasteiger partial charge >= 0.3 is 5.69 Å². The molecule has 1 N–H and O–H groups in total. The Labute approximate surface area is 171 Å². The van der Waals surface area contributed by atoms with Gasteiger partial charge in [0.1, 0.15) is 18.2 Å². The predicted molar refractivity (Wildman–Crippen MR) is 112 cm³/mol. The quantitative estimate of drug-likeness (QED) is 0.551. The molecule has 4 aromatic rings. The maximum Gasteiger partial charge on any atom is 0.352 e. The third-order valence-corrected chi connectivity index (χ3v) is 4.62. The third kappa shape index (κ3) is 3.90. The molecule has 8 nitrogen and oxygen atoms in total. The van der Waals surface area contributed by atoms with Crippen LogP contribution in [0.3, 0.4) is 0 Å². The Morgan fingerprint density at radius 1 is 1.17 bits per heavy atom. The number of benzene rings is 2. The molecule has 0 aliphatic rings. The Morgan fingerprint density at radius 3 is 2.67 bits per heavy atom. The van der Waals surface area contributed by atoms with E-state index in [0.29, 0.717) is 11.5 Å². The number of anilines is 3. The monoisotopic (exact) mass is 406 g/mol. The van der Waals surface area contributed by atoms with Gasteiger partial charge in [-0.3, -0.25) is 4.79 Å². The van der Waals surface area contributed by atoms with E-state index in [1.54, 1.807) is 25.2 Å². The summed E-state index contributed by atoms with van der Waals surface area (Å²) in [4.78, 5) is 31.0. The fraction of sp³-hybridized carbons (Fsp3) is 0.143. The van der Waals surface area contributed by atoms with Crippen LogP contribution in [0, 0.1) is 12.7 Å². The number of nitrogens with zero attached hydrogens (tertiary/aromatic N) is 5. The molecule has 30 heavy (non-hydrogen) atoms. The number of nitrogens with one attached hydrogen (secondary N) is 1. The second-order valence-corrected chi connectivity index (χ2v) is 6.85. The van der Waals surface area contributed by atoms with Gasteiger partial charge in [0.05, 0.1) is 0 Å². The highest BCUT2D eigenvalue weighted by Crippen LogP contribution is 2.16. The van der Waals surface area contributed by atoms with Crippen molar-refractivity contribution in [2.75, 3.05) is 17.3 Å². The Morgan fingerprint density at radius 2 is 1.93 bits per heavy atom. The summed E-state index contributed by atoms with van der Waals surface area (Å²) in [6.07, 6.45) is 1.52. The Kier molecular flexibility index (Phi) is 5.01. The van der Waals surface area contributed by atoms with Gasteiger partial charge in [0, 0.05) is 24.6 Å². The van der Waals surface area contributed by atoms with Crippen LogP contribution in [0.1, 0.15) is 5.56 Å². The SMILES string of the molecule is Cc1cccc(N(C)C(=O)Cn2nc3nc(Nc4ccc(F)cc4)ccn3c2=O)c1. The van der Waals surface area contributed by atoms with Gasteiger partial charge in [-0.2, -0.15) is 4.98 Å². The number of amides is 1. The summed E-state index contributed by atoms with van der Waals surface area (Å²) in [5.74, 6) is -0.0297. The molecule has 2 heterocycles. The first kappa shape index (κ1) is 19.3. The van der Waals surface area contributed by atoms with Crippen molar-refractivity contribution in [1.82, 2.24) is 19.2 Å². The van der Waals surface area contributed by atoms with Crippen LogP contribution >= 0.6 is 0 Å². The fourth-order valence-corrected chi connectivity index (χ4v) is 2.97. The van der Waals surface area contributed by atoms with Crippen molar-refractivity contribution in [1.29, 1.82) is 0 Å². The normalized spacial score (nSPS) is 10.9. The number of halogens is 1. The summed E-state index contributed by atoms with van der Waals surface area (Å²) >= 11 is 0. The number of carbonyl (C=O) groups is 1. The second kappa shape index (κ2) is 7.78. The average Bonchev–Trinajstić information content (AvgIpc) is 3.04. The first-order valence-electron chi connectivity index (χ1n) is 9.23. The molecule has 2 aromatic carbocycles. The van der Waals surface area contributed by atoms with E-state index in [1.807, 2.05) is 31.2 Å². The zero-order valence-corrected chi connectivity index (χ0v) is 16.4. The van der Waals surface area contributed by atoms with Crippen LogP contribution in [-0.4, -0.2) is 32.1 Å². The van der Waals surface area contributed by atoms with E-state index < -0.39 is 5.69 Å². The minimum atomic E-state index is -0.461. The van der Waals surface area contributed by atoms with Crippen LogP contribution in [0.25, 0.3) is 5.78 Å². The van der Waals surface area contributed by atoms with Crippen molar-refractivity contribution in [2.45, 2.75) is 13.5 Å². The first-order chi connectivity index (χ1) is 14.4. The summed E-state index contributed by atoms with van der Waals surface area (Å²) in [6, 6.07) is 14.9. The van der Waals surface area contributed by atoms with Crippen LogP contribution in [0.15, 0.2) is 65.6 Å². The molecule has 0 saturated heterocycles. The van der Waals surface area contributed by atoms with Gasteiger partial charge in [0.15, 0.2) is 0 Å². The number of carbonyl (C=O) groups excluding carboxylic acids is 1. The van der Waals surface area contributed by atoms with Crippen LogP contribution < -0.4 is 15.9 Å². The maximum absolute atomic E-state index is 13.0. The summed E-state index contributed by atoms with van der Waals surface area (Å²) in [6.45, 7) is 1.73. The molecular formula is C21H19FN6O2. The standard InChI is InChI=1S/C21H19FN6O2/c1-14-4-3-5-17(12-14)26(2)19(29)13-28-21(30)27-11-10-18(24-20(27)25-28)23-16-8-6-15(22)7-9-16/h3-12H,13H2,1-2H3,(H,23,24,25). The van der Waals surface area contributed by atoms with E-state index in [0.717, 1.165) is 15.9 Å². The smallest absolute Gasteiger partial charge is 0.340 e. The van der Waals surface area contributed by atoms with E-state index in [2.05, 4.69) is 15.4 Å². The molecule has 152 valence electrons. The number of aryl methyl sites for hydroxylation is 1. The van der Waals surface area contributed by atoms with Gasteiger partial charge in [-0.05, 0) is 55.0 Å². The van der Waals surface area contributed by atoms with Crippen LogP contribution in [0.4, 0.5) is 21.6 Å². The highest BCUT2D eigenvalue weighted by atomic mass is 19.1. The zero-order chi connectivity index (χ0) is 21.3. The van der Waals surface area contributed by atoms with Crippen molar-refractivity contribution in [2.24, 2.45) is 0 Å². The van der Waals surface area contributed by atoms with Gasteiger partial charge in [-0.1, -0.05) is 12.1 Å². The molecular weight excluding hydrogens is 387 g/mol. The summed E-state index contributed by atoms with van der Waals surface area (Å²) in [5, 5.41) is 7.19. The second-order valence-electron chi connectivity index (χ2n) is 6.85. The lowest BCUT2D eigenvalue weighted by atomic mass is 10.2. The van der Waals surface area contributed by atoms with Gasteiger partial charge in [-0.15, -0.1) is 5.10 Å². The molecule has 0 fully saturated rings. The maximum atomic E-state index is 13.0. The molecule has 0 radical (unpaired) electrons. The molecule has 0 bridgehead atoms. The van der Waals surface area contributed by atoms with Crippen LogP contribution in [-0.2, 0) is 11.3 Å². The van der Waals surface area contributed by atoms with Crippen LogP contribution in [0.2, 0.25) is 0 Å². The van der Waals surface area contributed by atoms with Gasteiger partial charge < -0.3 is 10.2 Å². The summed E-state index contributed by atoms with van der Waals surface area (Å²) in [7, 11) is 1.65. The highest BCUT2D eigenvalue weighted by molar-refractivity contribution is 5.92. The van der Waals surface area contributed by atoms with Crippen LogP contribution in [0.5, 0.6) is 0 Å². The van der Waals surface area contributed by atoms with Crippen molar-refractivity contribution in [3.8, 4) is 0 Å². The predicted octanol–water partition coefficient (Wildman–Crippen LogP) is 2.75. The first-order valence-corrected chi connectivity index (χ1v) is 9.23. The minimum Gasteiger partial charge on any atom is -0.340 e. The van der Waals surface area contributed by atoms with Gasteiger partial charge in [0.25, 0.3) is 5.78 Å². The molecule has 2 aromatic heterocycles.